The van der Waals surface area contributed by atoms with Crippen molar-refractivity contribution in [2.45, 2.75) is 13.5 Å². The highest BCUT2D eigenvalue weighted by atomic mass is 16.5. The van der Waals surface area contributed by atoms with Gasteiger partial charge in [0.2, 0.25) is 0 Å². The van der Waals surface area contributed by atoms with E-state index in [1.165, 1.54) is 0 Å². The highest BCUT2D eigenvalue weighted by Gasteiger charge is 2.20. The molecule has 1 fully saturated rings. The highest BCUT2D eigenvalue weighted by molar-refractivity contribution is 5.84. The number of rotatable bonds is 5. The summed E-state index contributed by atoms with van der Waals surface area (Å²) in [6.07, 6.45) is 0.679. The summed E-state index contributed by atoms with van der Waals surface area (Å²) in [5.74, 6) is 0. The third-order valence-electron chi connectivity index (χ3n) is 4.00. The molecular formula is C15H23N3O3. The van der Waals surface area contributed by atoms with Crippen LogP contribution in [-0.2, 0) is 11.3 Å². The van der Waals surface area contributed by atoms with Gasteiger partial charge in [-0.05, 0) is 20.0 Å². The normalized spacial score (nSPS) is 16.2. The lowest BCUT2D eigenvalue weighted by molar-refractivity contribution is 0.112. The van der Waals surface area contributed by atoms with Gasteiger partial charge in [-0.15, -0.1) is 0 Å². The van der Waals surface area contributed by atoms with Gasteiger partial charge in [-0.1, -0.05) is 0 Å². The maximum Gasteiger partial charge on any atom is 0.263 e. The predicted molar refractivity (Wildman–Crippen MR) is 82.4 cm³/mol. The summed E-state index contributed by atoms with van der Waals surface area (Å²) in [4.78, 5) is 28.3. The van der Waals surface area contributed by atoms with E-state index in [1.54, 1.807) is 11.7 Å². The fraction of sp³-hybridized carbons (Fsp3) is 0.600. The quantitative estimate of drug-likeness (QED) is 0.734. The minimum Gasteiger partial charge on any atom is -0.383 e. The number of anilines is 1. The summed E-state index contributed by atoms with van der Waals surface area (Å²) in [5.41, 5.74) is 1.64. The van der Waals surface area contributed by atoms with Gasteiger partial charge in [0.25, 0.3) is 5.56 Å². The number of methoxy groups -OCH3 is 1. The highest BCUT2D eigenvalue weighted by Crippen LogP contribution is 2.19. The van der Waals surface area contributed by atoms with E-state index < -0.39 is 0 Å². The van der Waals surface area contributed by atoms with Crippen LogP contribution in [0.3, 0.4) is 0 Å². The second kappa shape index (κ2) is 6.87. The van der Waals surface area contributed by atoms with Crippen LogP contribution in [0.25, 0.3) is 0 Å². The number of nitrogens with zero attached hydrogens (tertiary/aromatic N) is 3. The van der Waals surface area contributed by atoms with E-state index >= 15 is 0 Å². The number of piperazine rings is 1. The number of hydrogen-bond donors (Lipinski definition) is 0. The second-order valence-corrected chi connectivity index (χ2v) is 5.44. The van der Waals surface area contributed by atoms with Crippen LogP contribution < -0.4 is 10.5 Å². The van der Waals surface area contributed by atoms with Gasteiger partial charge in [0.05, 0.1) is 12.3 Å². The van der Waals surface area contributed by atoms with Gasteiger partial charge in [0.15, 0.2) is 6.29 Å². The zero-order valence-corrected chi connectivity index (χ0v) is 13.0. The Morgan fingerprint density at radius 2 is 1.95 bits per heavy atom. The van der Waals surface area contributed by atoms with E-state index in [-0.39, 0.29) is 11.1 Å². The average molecular weight is 293 g/mol. The van der Waals surface area contributed by atoms with Crippen LogP contribution in [0.5, 0.6) is 0 Å². The Kier molecular flexibility index (Phi) is 5.14. The topological polar surface area (TPSA) is 54.8 Å². The van der Waals surface area contributed by atoms with E-state index in [0.717, 1.165) is 37.6 Å². The summed E-state index contributed by atoms with van der Waals surface area (Å²) >= 11 is 0. The summed E-state index contributed by atoms with van der Waals surface area (Å²) in [6.45, 7) is 6.34. The fourth-order valence-corrected chi connectivity index (χ4v) is 2.65. The number of aryl methyl sites for hydroxylation is 1. The van der Waals surface area contributed by atoms with Crippen LogP contribution in [0.15, 0.2) is 10.9 Å². The minimum atomic E-state index is -0.226. The van der Waals surface area contributed by atoms with Gasteiger partial charge in [0, 0.05) is 45.5 Å². The third-order valence-corrected chi connectivity index (χ3v) is 4.00. The Hall–Kier alpha value is -1.66. The third kappa shape index (κ3) is 3.33. The molecule has 0 N–H and O–H groups in total. The lowest BCUT2D eigenvalue weighted by Crippen LogP contribution is -2.45. The predicted octanol–water partition coefficient (Wildman–Crippen LogP) is 0.367. The Balaban J connectivity index is 2.38. The molecule has 1 aromatic rings. The van der Waals surface area contributed by atoms with Crippen molar-refractivity contribution in [2.24, 2.45) is 0 Å². The first kappa shape index (κ1) is 15.7. The SMILES string of the molecule is COCCn1c(C)cc(N2CCN(C)CC2)c(C=O)c1=O. The van der Waals surface area contributed by atoms with Crippen molar-refractivity contribution in [2.75, 3.05) is 51.8 Å². The molecule has 2 heterocycles. The minimum absolute atomic E-state index is 0.226. The van der Waals surface area contributed by atoms with Crippen LogP contribution in [0.1, 0.15) is 16.1 Å². The van der Waals surface area contributed by atoms with Crippen LogP contribution in [-0.4, -0.2) is 62.7 Å². The Morgan fingerprint density at radius 1 is 1.29 bits per heavy atom. The molecule has 0 spiro atoms. The summed E-state index contributed by atoms with van der Waals surface area (Å²) in [5, 5.41) is 0. The number of aromatic nitrogens is 1. The lowest BCUT2D eigenvalue weighted by atomic mass is 10.1. The van der Waals surface area contributed by atoms with Crippen LogP contribution in [0.4, 0.5) is 5.69 Å². The number of hydrogen-bond acceptors (Lipinski definition) is 5. The molecule has 0 aromatic carbocycles. The number of likely N-dealkylation sites (N-methyl/N-ethyl adjacent to an activating group) is 1. The van der Waals surface area contributed by atoms with Crippen molar-refractivity contribution in [3.8, 4) is 0 Å². The van der Waals surface area contributed by atoms with Crippen LogP contribution >= 0.6 is 0 Å². The summed E-state index contributed by atoms with van der Waals surface area (Å²) in [7, 11) is 3.67. The molecule has 1 aliphatic rings. The second-order valence-electron chi connectivity index (χ2n) is 5.44. The molecule has 1 aliphatic heterocycles. The molecule has 1 saturated heterocycles. The van der Waals surface area contributed by atoms with Gasteiger partial charge in [-0.25, -0.2) is 0 Å². The molecule has 0 bridgehead atoms. The Labute approximate surface area is 124 Å². The van der Waals surface area contributed by atoms with E-state index in [0.29, 0.717) is 19.4 Å². The first-order valence-corrected chi connectivity index (χ1v) is 7.20. The number of pyridine rings is 1. The molecular weight excluding hydrogens is 270 g/mol. The number of ether oxygens (including phenoxy) is 1. The summed E-state index contributed by atoms with van der Waals surface area (Å²) in [6, 6.07) is 1.94. The molecule has 0 amide bonds. The van der Waals surface area contributed by atoms with E-state index in [4.69, 9.17) is 4.74 Å². The van der Waals surface area contributed by atoms with E-state index in [1.807, 2.05) is 13.0 Å². The molecule has 116 valence electrons. The zero-order chi connectivity index (χ0) is 15.4. The molecule has 21 heavy (non-hydrogen) atoms. The van der Waals surface area contributed by atoms with Crippen molar-refractivity contribution in [1.29, 1.82) is 0 Å². The van der Waals surface area contributed by atoms with Gasteiger partial charge in [0.1, 0.15) is 5.56 Å². The number of carbonyl (C=O) groups excluding carboxylic acids is 1. The van der Waals surface area contributed by atoms with Crippen molar-refractivity contribution in [3.63, 3.8) is 0 Å². The van der Waals surface area contributed by atoms with Gasteiger partial charge in [-0.2, -0.15) is 0 Å². The molecule has 2 rings (SSSR count). The van der Waals surface area contributed by atoms with Gasteiger partial charge >= 0.3 is 0 Å². The first-order chi connectivity index (χ1) is 10.1. The fourth-order valence-electron chi connectivity index (χ4n) is 2.65. The van der Waals surface area contributed by atoms with Gasteiger partial charge in [-0.3, -0.25) is 9.59 Å². The van der Waals surface area contributed by atoms with Gasteiger partial charge < -0.3 is 19.1 Å². The van der Waals surface area contributed by atoms with Crippen molar-refractivity contribution >= 4 is 12.0 Å². The first-order valence-electron chi connectivity index (χ1n) is 7.20. The van der Waals surface area contributed by atoms with Crippen LogP contribution in [0, 0.1) is 6.92 Å². The standard InChI is InChI=1S/C15H23N3O3/c1-12-10-14(17-6-4-16(2)5-7-17)13(11-19)15(20)18(12)8-9-21-3/h10-11H,4-9H2,1-3H3. The number of aldehydes is 1. The Morgan fingerprint density at radius 3 is 2.52 bits per heavy atom. The summed E-state index contributed by atoms with van der Waals surface area (Å²) < 4.78 is 6.63. The average Bonchev–Trinajstić information content (AvgIpc) is 2.47. The maximum absolute atomic E-state index is 12.5. The number of carbonyl (C=O) groups is 1. The van der Waals surface area contributed by atoms with Crippen molar-refractivity contribution in [1.82, 2.24) is 9.47 Å². The van der Waals surface area contributed by atoms with Crippen molar-refractivity contribution in [3.05, 3.63) is 27.7 Å². The molecule has 0 aliphatic carbocycles. The van der Waals surface area contributed by atoms with E-state index in [2.05, 4.69) is 16.8 Å². The smallest absolute Gasteiger partial charge is 0.263 e. The zero-order valence-electron chi connectivity index (χ0n) is 13.0. The molecule has 0 radical (unpaired) electrons. The molecule has 6 heteroatoms. The molecule has 0 unspecified atom stereocenters. The maximum atomic E-state index is 12.5. The van der Waals surface area contributed by atoms with E-state index in [9.17, 15) is 9.59 Å². The largest absolute Gasteiger partial charge is 0.383 e. The molecule has 0 atom stereocenters. The molecule has 6 nitrogen and oxygen atoms in total. The molecule has 1 aromatic heterocycles. The van der Waals surface area contributed by atoms with Crippen LogP contribution in [0.2, 0.25) is 0 Å². The Bertz CT molecular complexity index is 560. The monoisotopic (exact) mass is 293 g/mol. The lowest BCUT2D eigenvalue weighted by Gasteiger charge is -2.35. The van der Waals surface area contributed by atoms with Crippen molar-refractivity contribution < 1.29 is 9.53 Å². The molecule has 0 saturated carbocycles.